The quantitative estimate of drug-likeness (QED) is 0.614. The Balaban J connectivity index is 2.48. The van der Waals surface area contributed by atoms with Crippen LogP contribution in [-0.2, 0) is 0 Å². The van der Waals surface area contributed by atoms with Gasteiger partial charge in [0.25, 0.3) is 0 Å². The van der Waals surface area contributed by atoms with E-state index in [-0.39, 0.29) is 0 Å². The lowest BCUT2D eigenvalue weighted by molar-refractivity contribution is 0.889. The highest BCUT2D eigenvalue weighted by Crippen LogP contribution is 2.42. The first-order chi connectivity index (χ1) is 8.40. The number of aryl methyl sites for hydroxylation is 2. The average Bonchev–Trinajstić information content (AvgIpc) is 2.82. The van der Waals surface area contributed by atoms with Gasteiger partial charge < -0.3 is 0 Å². The van der Waals surface area contributed by atoms with E-state index in [1.165, 1.54) is 30.6 Å². The van der Waals surface area contributed by atoms with Crippen molar-refractivity contribution in [1.29, 1.82) is 0 Å². The largest absolute Gasteiger partial charge is 0.139 e. The minimum atomic E-state index is 0.632. The molecule has 0 nitrogen and oxygen atoms in total. The van der Waals surface area contributed by atoms with Gasteiger partial charge in [0.1, 0.15) is 0 Å². The molecule has 0 saturated carbocycles. The van der Waals surface area contributed by atoms with E-state index in [0.29, 0.717) is 11.8 Å². The maximum absolute atomic E-state index is 2.36. The number of rotatable bonds is 3. The van der Waals surface area contributed by atoms with Gasteiger partial charge in [0.2, 0.25) is 0 Å². The zero-order valence-corrected chi connectivity index (χ0v) is 13.8. The highest BCUT2D eigenvalue weighted by molar-refractivity contribution is 7.22. The van der Waals surface area contributed by atoms with Crippen molar-refractivity contribution in [2.45, 2.75) is 53.4 Å². The molecule has 0 amide bonds. The molecule has 2 heteroatoms. The molecule has 0 atom stereocenters. The Hall–Kier alpha value is -0.600. The summed E-state index contributed by atoms with van der Waals surface area (Å²) in [7, 11) is 0. The van der Waals surface area contributed by atoms with E-state index in [9.17, 15) is 0 Å². The maximum Gasteiger partial charge on any atom is 0.0477 e. The first-order valence-corrected chi connectivity index (χ1v) is 8.24. The zero-order chi connectivity index (χ0) is 13.4. The topological polar surface area (TPSA) is 0 Å². The molecule has 0 N–H and O–H groups in total. The molecule has 0 aliphatic carbocycles. The fourth-order valence-corrected chi connectivity index (χ4v) is 4.64. The summed E-state index contributed by atoms with van der Waals surface area (Å²) in [4.78, 5) is 5.96. The second kappa shape index (κ2) is 5.18. The average molecular weight is 278 g/mol. The van der Waals surface area contributed by atoms with Crippen LogP contribution in [0.5, 0.6) is 0 Å². The van der Waals surface area contributed by atoms with Crippen LogP contribution in [0.2, 0.25) is 0 Å². The van der Waals surface area contributed by atoms with Gasteiger partial charge in [-0.3, -0.25) is 0 Å². The van der Waals surface area contributed by atoms with Crippen LogP contribution in [0.4, 0.5) is 0 Å². The van der Waals surface area contributed by atoms with E-state index in [1.54, 1.807) is 0 Å². The van der Waals surface area contributed by atoms with Gasteiger partial charge in [-0.2, -0.15) is 0 Å². The normalized spacial score (nSPS) is 11.8. The third kappa shape index (κ3) is 2.55. The van der Waals surface area contributed by atoms with Crippen LogP contribution in [0.1, 0.15) is 60.4 Å². The van der Waals surface area contributed by atoms with E-state index >= 15 is 0 Å². The van der Waals surface area contributed by atoms with Gasteiger partial charge in [0.15, 0.2) is 0 Å². The lowest BCUT2D eigenvalue weighted by atomic mass is 10.1. The van der Waals surface area contributed by atoms with E-state index < -0.39 is 0 Å². The van der Waals surface area contributed by atoms with Crippen molar-refractivity contribution in [3.63, 3.8) is 0 Å². The number of hydrogen-bond acceptors (Lipinski definition) is 2. The number of hydrogen-bond donors (Lipinski definition) is 0. The molecule has 0 bridgehead atoms. The third-order valence-electron chi connectivity index (χ3n) is 3.22. The van der Waals surface area contributed by atoms with Gasteiger partial charge in [-0.15, -0.1) is 22.7 Å². The molecule has 18 heavy (non-hydrogen) atoms. The first-order valence-electron chi connectivity index (χ1n) is 6.61. The lowest BCUT2D eigenvalue weighted by Gasteiger charge is -1.99. The molecular formula is C16H22S2. The summed E-state index contributed by atoms with van der Waals surface area (Å²) in [6.45, 7) is 13.6. The molecular weight excluding hydrogens is 256 g/mol. The predicted octanol–water partition coefficient (Wildman–Crippen LogP) is 6.34. The van der Waals surface area contributed by atoms with Crippen LogP contribution in [-0.4, -0.2) is 0 Å². The highest BCUT2D eigenvalue weighted by atomic mass is 32.1. The van der Waals surface area contributed by atoms with Crippen molar-refractivity contribution in [2.24, 2.45) is 0 Å². The summed E-state index contributed by atoms with van der Waals surface area (Å²) in [5.41, 5.74) is 2.87. The van der Waals surface area contributed by atoms with Gasteiger partial charge >= 0.3 is 0 Å². The van der Waals surface area contributed by atoms with Crippen LogP contribution in [0.3, 0.4) is 0 Å². The summed E-state index contributed by atoms with van der Waals surface area (Å²) in [6.07, 6.45) is 0. The van der Waals surface area contributed by atoms with Gasteiger partial charge in [-0.25, -0.2) is 0 Å². The first kappa shape index (κ1) is 13.8. The van der Waals surface area contributed by atoms with Crippen molar-refractivity contribution >= 4 is 22.7 Å². The molecule has 0 radical (unpaired) electrons. The SMILES string of the molecule is Cc1cc(C(C)C)sc1-c1sc(C(C)C)cc1C. The van der Waals surface area contributed by atoms with E-state index in [4.69, 9.17) is 0 Å². The van der Waals surface area contributed by atoms with Crippen molar-refractivity contribution in [3.05, 3.63) is 33.0 Å². The Labute approximate surface area is 119 Å². The Morgan fingerprint density at radius 3 is 1.28 bits per heavy atom. The van der Waals surface area contributed by atoms with Crippen LogP contribution in [0.25, 0.3) is 9.75 Å². The van der Waals surface area contributed by atoms with Gasteiger partial charge in [0.05, 0.1) is 0 Å². The third-order valence-corrected chi connectivity index (χ3v) is 6.46. The van der Waals surface area contributed by atoms with Crippen molar-refractivity contribution in [1.82, 2.24) is 0 Å². The van der Waals surface area contributed by atoms with Crippen molar-refractivity contribution in [3.8, 4) is 9.75 Å². The zero-order valence-electron chi connectivity index (χ0n) is 12.1. The molecule has 0 fully saturated rings. The summed E-state index contributed by atoms with van der Waals surface area (Å²) in [5, 5.41) is 0. The van der Waals surface area contributed by atoms with Crippen LogP contribution >= 0.6 is 22.7 Å². The second-order valence-corrected chi connectivity index (χ2v) is 7.80. The Kier molecular flexibility index (Phi) is 3.98. The summed E-state index contributed by atoms with van der Waals surface area (Å²) < 4.78 is 0. The van der Waals surface area contributed by atoms with E-state index in [2.05, 4.69) is 53.7 Å². The smallest absolute Gasteiger partial charge is 0.0477 e. The monoisotopic (exact) mass is 278 g/mol. The molecule has 0 spiro atoms. The molecule has 0 aliphatic heterocycles. The molecule has 98 valence electrons. The molecule has 0 unspecified atom stereocenters. The molecule has 2 rings (SSSR count). The molecule has 0 saturated heterocycles. The summed E-state index contributed by atoms with van der Waals surface area (Å²) >= 11 is 3.94. The fourth-order valence-electron chi connectivity index (χ4n) is 2.03. The minimum absolute atomic E-state index is 0.632. The predicted molar refractivity (Wildman–Crippen MR) is 85.3 cm³/mol. The van der Waals surface area contributed by atoms with Gasteiger partial charge in [-0.05, 0) is 48.9 Å². The van der Waals surface area contributed by atoms with Crippen molar-refractivity contribution in [2.75, 3.05) is 0 Å². The molecule has 2 aromatic rings. The van der Waals surface area contributed by atoms with E-state index in [1.807, 2.05) is 22.7 Å². The van der Waals surface area contributed by atoms with Crippen molar-refractivity contribution < 1.29 is 0 Å². The Bertz CT molecular complexity index is 491. The Morgan fingerprint density at radius 2 is 1.06 bits per heavy atom. The molecule has 0 aliphatic rings. The lowest BCUT2D eigenvalue weighted by Crippen LogP contribution is -1.77. The maximum atomic E-state index is 2.36. The minimum Gasteiger partial charge on any atom is -0.139 e. The van der Waals surface area contributed by atoms with Gasteiger partial charge in [-0.1, -0.05) is 27.7 Å². The molecule has 2 aromatic heterocycles. The number of thiophene rings is 2. The van der Waals surface area contributed by atoms with Crippen LogP contribution in [0, 0.1) is 13.8 Å². The summed E-state index contributed by atoms with van der Waals surface area (Å²) in [5.74, 6) is 1.26. The van der Waals surface area contributed by atoms with Crippen LogP contribution in [0.15, 0.2) is 12.1 Å². The van der Waals surface area contributed by atoms with Crippen LogP contribution < -0.4 is 0 Å². The van der Waals surface area contributed by atoms with Gasteiger partial charge in [0, 0.05) is 19.5 Å². The molecule has 0 aromatic carbocycles. The second-order valence-electron chi connectivity index (χ2n) is 5.63. The van der Waals surface area contributed by atoms with E-state index in [0.717, 1.165) is 0 Å². The standard InChI is InChI=1S/C16H22S2/c1-9(2)13-7-11(5)15(17-13)16-12(6)8-14(18-16)10(3)4/h7-10H,1-6H3. The summed E-state index contributed by atoms with van der Waals surface area (Å²) in [6, 6.07) is 4.72. The Morgan fingerprint density at radius 1 is 0.722 bits per heavy atom. The fraction of sp³-hybridized carbons (Fsp3) is 0.500. The highest BCUT2D eigenvalue weighted by Gasteiger charge is 2.15. The molecule has 2 heterocycles.